The number of hydrogen-bond acceptors (Lipinski definition) is 2. The lowest BCUT2D eigenvalue weighted by atomic mass is 9.69. The van der Waals surface area contributed by atoms with E-state index in [2.05, 4.69) is 13.0 Å². The normalized spacial score (nSPS) is 29.4. The maximum atomic E-state index is 12.0. The van der Waals surface area contributed by atoms with Crippen LogP contribution in [0, 0.1) is 22.7 Å². The molecular weight excluding hydrogens is 176 g/mol. The van der Waals surface area contributed by atoms with Crippen molar-refractivity contribution in [3.05, 3.63) is 0 Å². The third-order valence-corrected chi connectivity index (χ3v) is 3.54. The van der Waals surface area contributed by atoms with Gasteiger partial charge >= 0.3 is 0 Å². The molecule has 0 unspecified atom stereocenters. The molecule has 1 aliphatic carbocycles. The minimum absolute atomic E-state index is 0.0931. The predicted octanol–water partition coefficient (Wildman–Crippen LogP) is 1.55. The van der Waals surface area contributed by atoms with Crippen LogP contribution in [0.5, 0.6) is 0 Å². The van der Waals surface area contributed by atoms with Gasteiger partial charge in [-0.2, -0.15) is 5.26 Å². The lowest BCUT2D eigenvalue weighted by Crippen LogP contribution is -2.46. The van der Waals surface area contributed by atoms with E-state index in [0.29, 0.717) is 5.92 Å². The largest absolute Gasteiger partial charge is 0.341 e. The topological polar surface area (TPSA) is 44.1 Å². The molecule has 2 fully saturated rings. The summed E-state index contributed by atoms with van der Waals surface area (Å²) in [6.07, 6.45) is 3.66. The van der Waals surface area contributed by atoms with Gasteiger partial charge in [-0.25, -0.2) is 0 Å². The first-order valence-electron chi connectivity index (χ1n) is 5.38. The van der Waals surface area contributed by atoms with E-state index in [0.717, 1.165) is 38.8 Å². The zero-order valence-electron chi connectivity index (χ0n) is 8.62. The summed E-state index contributed by atoms with van der Waals surface area (Å²) in [6, 6.07) is 2.22. The summed E-state index contributed by atoms with van der Waals surface area (Å²) in [7, 11) is 0. The molecule has 76 valence electrons. The molecule has 0 aromatic carbocycles. The molecule has 1 amide bonds. The van der Waals surface area contributed by atoms with Gasteiger partial charge in [0, 0.05) is 13.1 Å². The molecule has 0 radical (unpaired) electrons. The molecule has 1 saturated heterocycles. The highest BCUT2D eigenvalue weighted by molar-refractivity contribution is 5.86. The number of carbonyl (C=O) groups is 1. The van der Waals surface area contributed by atoms with Crippen LogP contribution in [0.2, 0.25) is 0 Å². The lowest BCUT2D eigenvalue weighted by molar-refractivity contribution is -0.141. The second-order valence-corrected chi connectivity index (χ2v) is 4.69. The van der Waals surface area contributed by atoms with E-state index >= 15 is 0 Å². The molecule has 2 aliphatic rings. The number of hydrogen-bond donors (Lipinski definition) is 0. The highest BCUT2D eigenvalue weighted by Crippen LogP contribution is 2.42. The molecule has 0 aromatic rings. The highest BCUT2D eigenvalue weighted by atomic mass is 16.2. The molecule has 0 spiro atoms. The van der Waals surface area contributed by atoms with Crippen LogP contribution in [-0.2, 0) is 4.79 Å². The Morgan fingerprint density at radius 1 is 1.57 bits per heavy atom. The standard InChI is InChI=1S/C11H16N2O/c1-9-3-6-13(7-9)10(14)11(8-12)4-2-5-11/h9H,2-7H2,1H3/t9-/m1/s1. The Morgan fingerprint density at radius 2 is 2.29 bits per heavy atom. The van der Waals surface area contributed by atoms with Crippen molar-refractivity contribution >= 4 is 5.91 Å². The Kier molecular flexibility index (Phi) is 2.22. The summed E-state index contributed by atoms with van der Waals surface area (Å²) in [6.45, 7) is 3.86. The SMILES string of the molecule is C[C@@H]1CCN(C(=O)C2(C#N)CCC2)C1. The third-order valence-electron chi connectivity index (χ3n) is 3.54. The first kappa shape index (κ1) is 9.51. The fourth-order valence-electron chi connectivity index (χ4n) is 2.33. The fraction of sp³-hybridized carbons (Fsp3) is 0.818. The second kappa shape index (κ2) is 3.27. The van der Waals surface area contributed by atoms with E-state index in [1.807, 2.05) is 4.90 Å². The van der Waals surface area contributed by atoms with Crippen LogP contribution in [0.4, 0.5) is 0 Å². The molecule has 1 saturated carbocycles. The summed E-state index contributed by atoms with van der Waals surface area (Å²) < 4.78 is 0. The first-order valence-corrected chi connectivity index (χ1v) is 5.38. The van der Waals surface area contributed by atoms with Crippen molar-refractivity contribution in [1.82, 2.24) is 4.90 Å². The van der Waals surface area contributed by atoms with Crippen molar-refractivity contribution < 1.29 is 4.79 Å². The van der Waals surface area contributed by atoms with E-state index in [1.54, 1.807) is 0 Å². The summed E-state index contributed by atoms with van der Waals surface area (Å²) in [4.78, 5) is 13.9. The number of likely N-dealkylation sites (tertiary alicyclic amines) is 1. The van der Waals surface area contributed by atoms with Gasteiger partial charge in [-0.05, 0) is 31.6 Å². The lowest BCUT2D eigenvalue weighted by Gasteiger charge is -2.36. The van der Waals surface area contributed by atoms with Crippen LogP contribution >= 0.6 is 0 Å². The predicted molar refractivity (Wildman–Crippen MR) is 52.3 cm³/mol. The van der Waals surface area contributed by atoms with Gasteiger partial charge < -0.3 is 4.90 Å². The van der Waals surface area contributed by atoms with E-state index in [-0.39, 0.29) is 5.91 Å². The van der Waals surface area contributed by atoms with Gasteiger partial charge in [-0.3, -0.25) is 4.79 Å². The Bertz CT molecular complexity index is 288. The Hall–Kier alpha value is -1.04. The van der Waals surface area contributed by atoms with Crippen molar-refractivity contribution in [2.45, 2.75) is 32.6 Å². The molecule has 1 aliphatic heterocycles. The minimum atomic E-state index is -0.635. The van der Waals surface area contributed by atoms with Crippen LogP contribution in [0.25, 0.3) is 0 Å². The monoisotopic (exact) mass is 192 g/mol. The van der Waals surface area contributed by atoms with Crippen LogP contribution in [0.3, 0.4) is 0 Å². The maximum Gasteiger partial charge on any atom is 0.243 e. The van der Waals surface area contributed by atoms with Gasteiger partial charge in [0.25, 0.3) is 0 Å². The number of carbonyl (C=O) groups excluding carboxylic acids is 1. The summed E-state index contributed by atoms with van der Waals surface area (Å²) in [5.41, 5.74) is -0.635. The molecule has 2 rings (SSSR count). The Labute approximate surface area is 84.7 Å². The molecule has 0 N–H and O–H groups in total. The third kappa shape index (κ3) is 1.30. The van der Waals surface area contributed by atoms with Crippen LogP contribution in [0.1, 0.15) is 32.6 Å². The first-order chi connectivity index (χ1) is 6.68. The van der Waals surface area contributed by atoms with Gasteiger partial charge in [0.1, 0.15) is 5.41 Å². The molecular formula is C11H16N2O. The van der Waals surface area contributed by atoms with Gasteiger partial charge in [0.15, 0.2) is 0 Å². The summed E-state index contributed by atoms with van der Waals surface area (Å²) >= 11 is 0. The van der Waals surface area contributed by atoms with Gasteiger partial charge in [-0.15, -0.1) is 0 Å². The molecule has 0 bridgehead atoms. The number of rotatable bonds is 1. The van der Waals surface area contributed by atoms with Crippen molar-refractivity contribution in [2.24, 2.45) is 11.3 Å². The van der Waals surface area contributed by atoms with Crippen molar-refractivity contribution in [2.75, 3.05) is 13.1 Å². The van der Waals surface area contributed by atoms with Crippen LogP contribution in [-0.4, -0.2) is 23.9 Å². The van der Waals surface area contributed by atoms with Gasteiger partial charge in [-0.1, -0.05) is 6.92 Å². The van der Waals surface area contributed by atoms with E-state index in [9.17, 15) is 4.79 Å². The van der Waals surface area contributed by atoms with Crippen LogP contribution in [0.15, 0.2) is 0 Å². The molecule has 3 heteroatoms. The zero-order valence-corrected chi connectivity index (χ0v) is 8.62. The Morgan fingerprint density at radius 3 is 2.64 bits per heavy atom. The van der Waals surface area contributed by atoms with Crippen molar-refractivity contribution in [3.8, 4) is 6.07 Å². The van der Waals surface area contributed by atoms with Gasteiger partial charge in [0.05, 0.1) is 6.07 Å². The molecule has 0 aromatic heterocycles. The van der Waals surface area contributed by atoms with E-state index in [1.165, 1.54) is 0 Å². The van der Waals surface area contributed by atoms with E-state index in [4.69, 9.17) is 5.26 Å². The second-order valence-electron chi connectivity index (χ2n) is 4.69. The van der Waals surface area contributed by atoms with Gasteiger partial charge in [0.2, 0.25) is 5.91 Å². The summed E-state index contributed by atoms with van der Waals surface area (Å²) in [5.74, 6) is 0.699. The summed E-state index contributed by atoms with van der Waals surface area (Å²) in [5, 5.41) is 9.04. The molecule has 3 nitrogen and oxygen atoms in total. The fourth-order valence-corrected chi connectivity index (χ4v) is 2.33. The molecule has 1 atom stereocenters. The average Bonchev–Trinajstić information content (AvgIpc) is 2.50. The van der Waals surface area contributed by atoms with Crippen molar-refractivity contribution in [1.29, 1.82) is 5.26 Å². The van der Waals surface area contributed by atoms with Crippen LogP contribution < -0.4 is 0 Å². The highest BCUT2D eigenvalue weighted by Gasteiger charge is 2.47. The molecule has 1 heterocycles. The Balaban J connectivity index is 2.05. The zero-order chi connectivity index (χ0) is 10.2. The molecule has 14 heavy (non-hydrogen) atoms. The number of amides is 1. The quantitative estimate of drug-likeness (QED) is 0.632. The number of nitriles is 1. The minimum Gasteiger partial charge on any atom is -0.341 e. The smallest absolute Gasteiger partial charge is 0.243 e. The van der Waals surface area contributed by atoms with Crippen molar-refractivity contribution in [3.63, 3.8) is 0 Å². The van der Waals surface area contributed by atoms with E-state index < -0.39 is 5.41 Å². The number of nitrogens with zero attached hydrogens (tertiary/aromatic N) is 2. The average molecular weight is 192 g/mol. The maximum absolute atomic E-state index is 12.0.